The van der Waals surface area contributed by atoms with Gasteiger partial charge in [0, 0.05) is 7.05 Å². The summed E-state index contributed by atoms with van der Waals surface area (Å²) in [7, 11) is 1.72. The van der Waals surface area contributed by atoms with Crippen LogP contribution in [-0.2, 0) is 0 Å². The standard InChI is InChI=1S/C7H7FN4/c1-9-6-5-2-4(8)3-10-7(5)12-11-6/h2-3H,1H3,(H2,9,10,11,12). The fourth-order valence-electron chi connectivity index (χ4n) is 1.07. The summed E-state index contributed by atoms with van der Waals surface area (Å²) >= 11 is 0. The van der Waals surface area contributed by atoms with Gasteiger partial charge in [-0.1, -0.05) is 0 Å². The predicted octanol–water partition coefficient (Wildman–Crippen LogP) is 1.14. The van der Waals surface area contributed by atoms with Crippen molar-refractivity contribution in [3.8, 4) is 0 Å². The van der Waals surface area contributed by atoms with Crippen molar-refractivity contribution in [3.05, 3.63) is 18.1 Å². The summed E-state index contributed by atoms with van der Waals surface area (Å²) in [5.74, 6) is 0.248. The summed E-state index contributed by atoms with van der Waals surface area (Å²) in [6.45, 7) is 0. The zero-order valence-electron chi connectivity index (χ0n) is 6.43. The maximum atomic E-state index is 12.7. The average molecular weight is 166 g/mol. The molecule has 0 aliphatic carbocycles. The van der Waals surface area contributed by atoms with E-state index >= 15 is 0 Å². The Kier molecular flexibility index (Phi) is 1.43. The van der Waals surface area contributed by atoms with Gasteiger partial charge in [0.2, 0.25) is 0 Å². The van der Waals surface area contributed by atoms with Crippen molar-refractivity contribution < 1.29 is 4.39 Å². The molecule has 0 saturated heterocycles. The maximum Gasteiger partial charge on any atom is 0.157 e. The Morgan fingerprint density at radius 1 is 1.58 bits per heavy atom. The van der Waals surface area contributed by atoms with Crippen LogP contribution in [0.5, 0.6) is 0 Å². The molecular weight excluding hydrogens is 159 g/mol. The van der Waals surface area contributed by atoms with Gasteiger partial charge in [-0.2, -0.15) is 5.10 Å². The van der Waals surface area contributed by atoms with Gasteiger partial charge in [0.1, 0.15) is 5.82 Å². The summed E-state index contributed by atoms with van der Waals surface area (Å²) in [4.78, 5) is 3.82. The lowest BCUT2D eigenvalue weighted by Crippen LogP contribution is -1.88. The van der Waals surface area contributed by atoms with E-state index in [0.29, 0.717) is 16.9 Å². The number of hydrogen-bond acceptors (Lipinski definition) is 3. The minimum absolute atomic E-state index is 0.361. The predicted molar refractivity (Wildman–Crippen MR) is 43.4 cm³/mol. The van der Waals surface area contributed by atoms with Gasteiger partial charge in [0.05, 0.1) is 11.6 Å². The molecule has 5 heteroatoms. The Bertz CT molecular complexity index is 409. The van der Waals surface area contributed by atoms with Gasteiger partial charge in [-0.05, 0) is 6.07 Å². The van der Waals surface area contributed by atoms with Crippen molar-refractivity contribution in [3.63, 3.8) is 0 Å². The molecule has 2 aromatic heterocycles. The van der Waals surface area contributed by atoms with Crippen molar-refractivity contribution >= 4 is 16.9 Å². The highest BCUT2D eigenvalue weighted by Crippen LogP contribution is 2.17. The van der Waals surface area contributed by atoms with Crippen LogP contribution in [0.2, 0.25) is 0 Å². The molecule has 0 radical (unpaired) electrons. The van der Waals surface area contributed by atoms with Gasteiger partial charge in [-0.25, -0.2) is 9.37 Å². The first-order chi connectivity index (χ1) is 5.81. The molecule has 12 heavy (non-hydrogen) atoms. The molecule has 2 aromatic rings. The molecule has 0 amide bonds. The summed E-state index contributed by atoms with van der Waals surface area (Å²) < 4.78 is 12.7. The molecule has 0 aliphatic heterocycles. The lowest BCUT2D eigenvalue weighted by molar-refractivity contribution is 0.624. The second kappa shape index (κ2) is 2.44. The first-order valence-electron chi connectivity index (χ1n) is 3.48. The summed E-state index contributed by atoms with van der Waals surface area (Å²) in [5, 5.41) is 10.1. The van der Waals surface area contributed by atoms with Crippen molar-refractivity contribution in [1.29, 1.82) is 0 Å². The summed E-state index contributed by atoms with van der Waals surface area (Å²) in [5.41, 5.74) is 0.584. The normalized spacial score (nSPS) is 10.5. The van der Waals surface area contributed by atoms with Crippen LogP contribution in [0, 0.1) is 5.82 Å². The third kappa shape index (κ3) is 0.903. The van der Waals surface area contributed by atoms with Gasteiger partial charge in [-0.3, -0.25) is 5.10 Å². The van der Waals surface area contributed by atoms with E-state index in [1.165, 1.54) is 6.07 Å². The number of nitrogens with zero attached hydrogens (tertiary/aromatic N) is 2. The van der Waals surface area contributed by atoms with Gasteiger partial charge >= 0.3 is 0 Å². The van der Waals surface area contributed by atoms with Gasteiger partial charge in [0.25, 0.3) is 0 Å². The number of rotatable bonds is 1. The molecule has 4 nitrogen and oxygen atoms in total. The van der Waals surface area contributed by atoms with Crippen molar-refractivity contribution in [1.82, 2.24) is 15.2 Å². The van der Waals surface area contributed by atoms with Crippen LogP contribution in [-0.4, -0.2) is 22.2 Å². The second-order valence-electron chi connectivity index (χ2n) is 2.37. The number of H-pyrrole nitrogens is 1. The summed E-state index contributed by atoms with van der Waals surface area (Å²) in [6, 6.07) is 1.39. The number of anilines is 1. The molecule has 2 rings (SSSR count). The third-order valence-corrected chi connectivity index (χ3v) is 1.62. The van der Waals surface area contributed by atoms with Crippen molar-refractivity contribution in [2.75, 3.05) is 12.4 Å². The van der Waals surface area contributed by atoms with Crippen LogP contribution >= 0.6 is 0 Å². The molecule has 2 heterocycles. The molecule has 0 bridgehead atoms. The monoisotopic (exact) mass is 166 g/mol. The Labute approximate surface area is 67.8 Å². The topological polar surface area (TPSA) is 53.6 Å². The van der Waals surface area contributed by atoms with E-state index in [0.717, 1.165) is 6.20 Å². The summed E-state index contributed by atoms with van der Waals surface area (Å²) in [6.07, 6.45) is 1.15. The van der Waals surface area contributed by atoms with E-state index in [1.807, 2.05) is 0 Å². The fourth-order valence-corrected chi connectivity index (χ4v) is 1.07. The highest BCUT2D eigenvalue weighted by molar-refractivity contribution is 5.86. The van der Waals surface area contributed by atoms with E-state index in [-0.39, 0.29) is 5.82 Å². The first kappa shape index (κ1) is 7.02. The lowest BCUT2D eigenvalue weighted by atomic mass is 10.3. The van der Waals surface area contributed by atoms with Crippen LogP contribution in [0.4, 0.5) is 10.2 Å². The molecule has 62 valence electrons. The zero-order chi connectivity index (χ0) is 8.55. The van der Waals surface area contributed by atoms with Crippen LogP contribution in [0.25, 0.3) is 11.0 Å². The van der Waals surface area contributed by atoms with Crippen molar-refractivity contribution in [2.24, 2.45) is 0 Å². The van der Waals surface area contributed by atoms with E-state index in [9.17, 15) is 4.39 Å². The average Bonchev–Trinajstić information content (AvgIpc) is 2.46. The molecular formula is C7H7FN4. The van der Waals surface area contributed by atoms with Crippen LogP contribution in [0.15, 0.2) is 12.3 Å². The Morgan fingerprint density at radius 2 is 2.42 bits per heavy atom. The number of pyridine rings is 1. The number of aromatic nitrogens is 3. The SMILES string of the molecule is CNc1n[nH]c2ncc(F)cc12. The largest absolute Gasteiger partial charge is 0.371 e. The van der Waals surface area contributed by atoms with Gasteiger partial charge in [-0.15, -0.1) is 0 Å². The Morgan fingerprint density at radius 3 is 3.17 bits per heavy atom. The smallest absolute Gasteiger partial charge is 0.157 e. The number of halogens is 1. The van der Waals surface area contributed by atoms with E-state index in [1.54, 1.807) is 7.05 Å². The highest BCUT2D eigenvalue weighted by Gasteiger charge is 2.04. The Balaban J connectivity index is 2.75. The Hall–Kier alpha value is -1.65. The van der Waals surface area contributed by atoms with Gasteiger partial charge in [0.15, 0.2) is 11.5 Å². The van der Waals surface area contributed by atoms with E-state index in [2.05, 4.69) is 20.5 Å². The molecule has 0 atom stereocenters. The molecule has 0 spiro atoms. The molecule has 0 aromatic carbocycles. The molecule has 0 saturated carbocycles. The second-order valence-corrected chi connectivity index (χ2v) is 2.37. The number of hydrogen-bond donors (Lipinski definition) is 2. The van der Waals surface area contributed by atoms with Crippen LogP contribution in [0.1, 0.15) is 0 Å². The highest BCUT2D eigenvalue weighted by atomic mass is 19.1. The van der Waals surface area contributed by atoms with Gasteiger partial charge < -0.3 is 5.32 Å². The lowest BCUT2D eigenvalue weighted by Gasteiger charge is -1.92. The number of fused-ring (bicyclic) bond motifs is 1. The minimum atomic E-state index is -0.361. The van der Waals surface area contributed by atoms with E-state index in [4.69, 9.17) is 0 Å². The fraction of sp³-hybridized carbons (Fsp3) is 0.143. The maximum absolute atomic E-state index is 12.7. The molecule has 0 aliphatic rings. The van der Waals surface area contributed by atoms with E-state index < -0.39 is 0 Å². The first-order valence-corrected chi connectivity index (χ1v) is 3.48. The minimum Gasteiger partial charge on any atom is -0.371 e. The van der Waals surface area contributed by atoms with Crippen LogP contribution in [0.3, 0.4) is 0 Å². The molecule has 0 fully saturated rings. The zero-order valence-corrected chi connectivity index (χ0v) is 6.43. The number of aromatic amines is 1. The molecule has 2 N–H and O–H groups in total. The van der Waals surface area contributed by atoms with Crippen molar-refractivity contribution in [2.45, 2.75) is 0 Å². The molecule has 0 unspecified atom stereocenters. The quantitative estimate of drug-likeness (QED) is 0.667. The third-order valence-electron chi connectivity index (χ3n) is 1.62. The number of nitrogens with one attached hydrogen (secondary N) is 2. The van der Waals surface area contributed by atoms with Crippen LogP contribution < -0.4 is 5.32 Å².